The van der Waals surface area contributed by atoms with Crippen molar-refractivity contribution in [2.75, 3.05) is 5.32 Å². The number of nitrogens with one attached hydrogen (secondary N) is 2. The van der Waals surface area contributed by atoms with Gasteiger partial charge in [0.05, 0.1) is 5.92 Å². The molecule has 2 aliphatic rings. The molecule has 20 heavy (non-hydrogen) atoms. The minimum Gasteiger partial charge on any atom is -0.327 e. The fraction of sp³-hybridized carbons (Fsp3) is 0.733. The van der Waals surface area contributed by atoms with Crippen LogP contribution < -0.4 is 11.1 Å². The minimum absolute atomic E-state index is 0.00950. The number of H-pyrrole nitrogens is 1. The second-order valence-corrected chi connectivity index (χ2v) is 6.87. The van der Waals surface area contributed by atoms with Gasteiger partial charge in [0.1, 0.15) is 0 Å². The molecule has 0 radical (unpaired) electrons. The van der Waals surface area contributed by atoms with Gasteiger partial charge in [-0.1, -0.05) is 13.8 Å². The summed E-state index contributed by atoms with van der Waals surface area (Å²) in [6.07, 6.45) is 5.64. The lowest BCUT2D eigenvalue weighted by Gasteiger charge is -2.33. The first kappa shape index (κ1) is 13.6. The van der Waals surface area contributed by atoms with Gasteiger partial charge in [-0.15, -0.1) is 0 Å². The topological polar surface area (TPSA) is 83.8 Å². The highest BCUT2D eigenvalue weighted by atomic mass is 16.2. The van der Waals surface area contributed by atoms with Gasteiger partial charge in [-0.25, -0.2) is 0 Å². The van der Waals surface area contributed by atoms with Gasteiger partial charge in [0, 0.05) is 17.8 Å². The fourth-order valence-corrected chi connectivity index (χ4v) is 3.23. The van der Waals surface area contributed by atoms with E-state index in [0.29, 0.717) is 17.2 Å². The van der Waals surface area contributed by atoms with Crippen LogP contribution in [0.4, 0.5) is 5.82 Å². The minimum atomic E-state index is -0.0644. The molecule has 5 nitrogen and oxygen atoms in total. The van der Waals surface area contributed by atoms with Crippen LogP contribution in [0.2, 0.25) is 0 Å². The number of amides is 1. The third-order valence-electron chi connectivity index (χ3n) is 4.94. The Morgan fingerprint density at radius 3 is 2.85 bits per heavy atom. The van der Waals surface area contributed by atoms with E-state index in [4.69, 9.17) is 5.73 Å². The van der Waals surface area contributed by atoms with Crippen molar-refractivity contribution < 1.29 is 4.79 Å². The van der Waals surface area contributed by atoms with Crippen LogP contribution in [0.3, 0.4) is 0 Å². The maximum atomic E-state index is 12.4. The molecule has 1 heterocycles. The number of aromatic nitrogens is 2. The third kappa shape index (κ3) is 2.59. The van der Waals surface area contributed by atoms with Crippen molar-refractivity contribution >= 4 is 11.7 Å². The molecule has 3 rings (SSSR count). The van der Waals surface area contributed by atoms with Crippen LogP contribution in [-0.4, -0.2) is 22.1 Å². The van der Waals surface area contributed by atoms with Gasteiger partial charge in [0.15, 0.2) is 5.82 Å². The van der Waals surface area contributed by atoms with E-state index in [1.54, 1.807) is 0 Å². The summed E-state index contributed by atoms with van der Waals surface area (Å²) in [5.74, 6) is 0.955. The van der Waals surface area contributed by atoms with Crippen LogP contribution in [-0.2, 0) is 4.79 Å². The molecule has 1 aromatic rings. The Bertz CT molecular complexity index is 504. The predicted molar refractivity (Wildman–Crippen MR) is 78.3 cm³/mol. The van der Waals surface area contributed by atoms with E-state index in [9.17, 15) is 4.79 Å². The van der Waals surface area contributed by atoms with Gasteiger partial charge in [0.25, 0.3) is 0 Å². The Labute approximate surface area is 119 Å². The van der Waals surface area contributed by atoms with Crippen molar-refractivity contribution in [2.45, 2.75) is 57.9 Å². The molecule has 2 unspecified atom stereocenters. The molecule has 1 aromatic heterocycles. The normalized spacial score (nSPS) is 27.8. The van der Waals surface area contributed by atoms with Gasteiger partial charge < -0.3 is 11.1 Å². The smallest absolute Gasteiger partial charge is 0.230 e. The zero-order valence-electron chi connectivity index (χ0n) is 12.3. The summed E-state index contributed by atoms with van der Waals surface area (Å²) in [7, 11) is 0. The lowest BCUT2D eigenvalue weighted by molar-refractivity contribution is -0.122. The fourth-order valence-electron chi connectivity index (χ4n) is 3.23. The summed E-state index contributed by atoms with van der Waals surface area (Å²) in [6, 6.07) is 1.90. The second kappa shape index (κ2) is 4.88. The molecular weight excluding hydrogens is 252 g/mol. The van der Waals surface area contributed by atoms with E-state index in [1.807, 2.05) is 6.07 Å². The molecule has 4 N–H and O–H groups in total. The third-order valence-corrected chi connectivity index (χ3v) is 4.94. The van der Waals surface area contributed by atoms with Crippen molar-refractivity contribution in [1.29, 1.82) is 0 Å². The molecule has 2 fully saturated rings. The largest absolute Gasteiger partial charge is 0.327 e. The van der Waals surface area contributed by atoms with Crippen LogP contribution in [0.5, 0.6) is 0 Å². The first-order chi connectivity index (χ1) is 9.49. The lowest BCUT2D eigenvalue weighted by atomic mass is 9.76. The predicted octanol–water partition coefficient (Wildman–Crippen LogP) is 2.38. The van der Waals surface area contributed by atoms with Crippen LogP contribution in [0.25, 0.3) is 0 Å². The van der Waals surface area contributed by atoms with Crippen molar-refractivity contribution in [3.63, 3.8) is 0 Å². The SMILES string of the molecule is CC(C)c1cc(NC(=O)C2CC3(CCC2N)CC3)n[nH]1. The standard InChI is InChI=1S/C15H24N4O/c1-9(2)12-7-13(19-18-12)17-14(20)10-8-15(5-6-15)4-3-11(10)16/h7,9-11H,3-6,8,16H2,1-2H3,(H2,17,18,19,20). The number of carbonyl (C=O) groups is 1. The molecule has 1 amide bonds. The number of aromatic amines is 1. The van der Waals surface area contributed by atoms with Crippen molar-refractivity contribution in [3.8, 4) is 0 Å². The Morgan fingerprint density at radius 1 is 1.50 bits per heavy atom. The van der Waals surface area contributed by atoms with E-state index < -0.39 is 0 Å². The monoisotopic (exact) mass is 276 g/mol. The Kier molecular flexibility index (Phi) is 3.32. The molecule has 110 valence electrons. The number of carbonyl (C=O) groups excluding carboxylic acids is 1. The summed E-state index contributed by atoms with van der Waals surface area (Å²) >= 11 is 0. The average molecular weight is 276 g/mol. The van der Waals surface area contributed by atoms with Crippen LogP contribution in [0.1, 0.15) is 57.6 Å². The van der Waals surface area contributed by atoms with Crippen molar-refractivity contribution in [1.82, 2.24) is 10.2 Å². The molecule has 0 bridgehead atoms. The lowest BCUT2D eigenvalue weighted by Crippen LogP contribution is -2.43. The maximum absolute atomic E-state index is 12.4. The van der Waals surface area contributed by atoms with E-state index in [-0.39, 0.29) is 17.9 Å². The van der Waals surface area contributed by atoms with Crippen LogP contribution >= 0.6 is 0 Å². The van der Waals surface area contributed by atoms with Crippen molar-refractivity contribution in [3.05, 3.63) is 11.8 Å². The molecular formula is C15H24N4O. The first-order valence-electron chi connectivity index (χ1n) is 7.61. The molecule has 0 aromatic carbocycles. The van der Waals surface area contributed by atoms with E-state index in [2.05, 4.69) is 29.4 Å². The molecule has 2 atom stereocenters. The quantitative estimate of drug-likeness (QED) is 0.792. The Morgan fingerprint density at radius 2 is 2.25 bits per heavy atom. The van der Waals surface area contributed by atoms with Crippen molar-refractivity contribution in [2.24, 2.45) is 17.1 Å². The van der Waals surface area contributed by atoms with Gasteiger partial charge in [-0.05, 0) is 43.4 Å². The second-order valence-electron chi connectivity index (χ2n) is 6.87. The first-order valence-corrected chi connectivity index (χ1v) is 7.61. The average Bonchev–Trinajstić information content (AvgIpc) is 2.99. The number of hydrogen-bond acceptors (Lipinski definition) is 3. The zero-order chi connectivity index (χ0) is 14.3. The molecule has 1 spiro atoms. The Balaban J connectivity index is 1.65. The highest BCUT2D eigenvalue weighted by Crippen LogP contribution is 2.57. The van der Waals surface area contributed by atoms with E-state index >= 15 is 0 Å². The summed E-state index contributed by atoms with van der Waals surface area (Å²) in [5.41, 5.74) is 7.62. The number of rotatable bonds is 3. The maximum Gasteiger partial charge on any atom is 0.230 e. The molecule has 0 saturated heterocycles. The summed E-state index contributed by atoms with van der Waals surface area (Å²) in [5, 5.41) is 10.0. The summed E-state index contributed by atoms with van der Waals surface area (Å²) in [4.78, 5) is 12.4. The summed E-state index contributed by atoms with van der Waals surface area (Å²) < 4.78 is 0. The van der Waals surface area contributed by atoms with Gasteiger partial charge in [0.2, 0.25) is 5.91 Å². The number of hydrogen-bond donors (Lipinski definition) is 3. The zero-order valence-corrected chi connectivity index (χ0v) is 12.3. The number of anilines is 1. The summed E-state index contributed by atoms with van der Waals surface area (Å²) in [6.45, 7) is 4.18. The molecule has 5 heteroatoms. The van der Waals surface area contributed by atoms with Gasteiger partial charge in [-0.3, -0.25) is 9.89 Å². The highest BCUT2D eigenvalue weighted by Gasteiger charge is 2.49. The molecule has 2 saturated carbocycles. The highest BCUT2D eigenvalue weighted by molar-refractivity contribution is 5.92. The molecule has 0 aliphatic heterocycles. The number of nitrogens with two attached hydrogens (primary N) is 1. The van der Waals surface area contributed by atoms with Crippen LogP contribution in [0.15, 0.2) is 6.07 Å². The van der Waals surface area contributed by atoms with E-state index in [0.717, 1.165) is 18.5 Å². The van der Waals surface area contributed by atoms with E-state index in [1.165, 1.54) is 19.3 Å². The van der Waals surface area contributed by atoms with Crippen LogP contribution in [0, 0.1) is 11.3 Å². The van der Waals surface area contributed by atoms with Gasteiger partial charge >= 0.3 is 0 Å². The van der Waals surface area contributed by atoms with Gasteiger partial charge in [-0.2, -0.15) is 5.10 Å². The molecule has 2 aliphatic carbocycles. The number of nitrogens with zero attached hydrogens (tertiary/aromatic N) is 1. The Hall–Kier alpha value is -1.36.